The predicted molar refractivity (Wildman–Crippen MR) is 140 cm³/mol. The third kappa shape index (κ3) is 4.04. The number of hydrogen-bond donors (Lipinski definition) is 2. The zero-order chi connectivity index (χ0) is 25.6. The number of carbonyl (C=O) groups is 1. The largest absolute Gasteiger partial charge is 0.497 e. The Hall–Kier alpha value is -4.33. The van der Waals surface area contributed by atoms with Crippen LogP contribution in [0.1, 0.15) is 45.6 Å². The predicted octanol–water partition coefficient (Wildman–Crippen LogP) is 4.64. The van der Waals surface area contributed by atoms with Crippen LogP contribution in [0.25, 0.3) is 10.9 Å². The van der Waals surface area contributed by atoms with Crippen molar-refractivity contribution in [2.45, 2.75) is 33.0 Å². The number of nitrogens with zero attached hydrogens (tertiary/aromatic N) is 3. The Kier molecular flexibility index (Phi) is 5.88. The van der Waals surface area contributed by atoms with Crippen LogP contribution >= 0.6 is 0 Å². The summed E-state index contributed by atoms with van der Waals surface area (Å²) >= 11 is 0. The maximum Gasteiger partial charge on any atom is 0.337 e. The molecule has 0 saturated carbocycles. The zero-order valence-corrected chi connectivity index (χ0v) is 20.7. The van der Waals surface area contributed by atoms with Gasteiger partial charge in [0.1, 0.15) is 5.75 Å². The van der Waals surface area contributed by atoms with E-state index in [1.54, 1.807) is 43.0 Å². The highest BCUT2D eigenvalue weighted by atomic mass is 16.5. The van der Waals surface area contributed by atoms with Crippen LogP contribution < -0.4 is 20.5 Å². The lowest BCUT2D eigenvalue weighted by molar-refractivity contribution is 0.0698. The molecule has 0 bridgehead atoms. The fourth-order valence-corrected chi connectivity index (χ4v) is 4.90. The highest BCUT2D eigenvalue weighted by molar-refractivity contribution is 5.94. The van der Waals surface area contributed by atoms with Crippen LogP contribution in [-0.2, 0) is 20.1 Å². The Labute approximate surface area is 208 Å². The van der Waals surface area contributed by atoms with Gasteiger partial charge in [-0.2, -0.15) is 0 Å². The molecule has 36 heavy (non-hydrogen) atoms. The molecule has 0 fully saturated rings. The monoisotopic (exact) mass is 484 g/mol. The molecule has 1 atom stereocenters. The first-order chi connectivity index (χ1) is 17.3. The van der Waals surface area contributed by atoms with Crippen molar-refractivity contribution >= 4 is 28.5 Å². The quantitative estimate of drug-likeness (QED) is 0.411. The lowest BCUT2D eigenvalue weighted by atomic mass is 10.0. The topological polar surface area (TPSA) is 96.7 Å². The Morgan fingerprint density at radius 3 is 2.61 bits per heavy atom. The fourth-order valence-electron chi connectivity index (χ4n) is 4.90. The molecule has 4 aromatic rings. The van der Waals surface area contributed by atoms with Gasteiger partial charge < -0.3 is 20.1 Å². The van der Waals surface area contributed by atoms with Crippen molar-refractivity contribution in [3.63, 3.8) is 0 Å². The minimum Gasteiger partial charge on any atom is -0.497 e. The lowest BCUT2D eigenvalue weighted by Crippen LogP contribution is -2.28. The van der Waals surface area contributed by atoms with Crippen LogP contribution in [-0.4, -0.2) is 27.7 Å². The average molecular weight is 485 g/mol. The average Bonchev–Trinajstić information content (AvgIpc) is 3.29. The number of carboxylic acid groups (broad SMARTS) is 1. The number of fused-ring (bicyclic) bond motifs is 2. The van der Waals surface area contributed by atoms with Gasteiger partial charge in [-0.1, -0.05) is 24.3 Å². The first kappa shape index (κ1) is 23.4. The second-order valence-electron chi connectivity index (χ2n) is 9.23. The van der Waals surface area contributed by atoms with Crippen LogP contribution in [0, 0.1) is 6.92 Å². The van der Waals surface area contributed by atoms with Gasteiger partial charge in [0.05, 0.1) is 29.6 Å². The molecule has 5 rings (SSSR count). The van der Waals surface area contributed by atoms with Gasteiger partial charge in [-0.05, 0) is 60.9 Å². The summed E-state index contributed by atoms with van der Waals surface area (Å²) in [4.78, 5) is 32.3. The Bertz CT molecular complexity index is 1560. The molecule has 1 aliphatic heterocycles. The van der Waals surface area contributed by atoms with Crippen LogP contribution in [0.2, 0.25) is 0 Å². The summed E-state index contributed by atoms with van der Waals surface area (Å²) in [5.74, 6) is 0.389. The van der Waals surface area contributed by atoms with Crippen LogP contribution in [0.4, 0.5) is 11.6 Å². The molecule has 0 amide bonds. The summed E-state index contributed by atoms with van der Waals surface area (Å²) in [7, 11) is 3.40. The van der Waals surface area contributed by atoms with Crippen molar-refractivity contribution in [3.8, 4) is 5.75 Å². The second kappa shape index (κ2) is 9.03. The lowest BCUT2D eigenvalue weighted by Gasteiger charge is -2.23. The highest BCUT2D eigenvalue weighted by Crippen LogP contribution is 2.32. The molecule has 0 aliphatic carbocycles. The smallest absolute Gasteiger partial charge is 0.337 e. The van der Waals surface area contributed by atoms with Gasteiger partial charge in [0.25, 0.3) is 5.56 Å². The molecule has 2 heterocycles. The number of benzene rings is 3. The SMILES string of the molecule is COc1ccc2c(c1)CN(c1nc3c(C(C)Nc4ccccc4C(=O)O)cc(C)cc3c(=O)n1C)C2. The number of methoxy groups -OCH3 is 1. The molecule has 2 N–H and O–H groups in total. The molecular weight excluding hydrogens is 456 g/mol. The van der Waals surface area contributed by atoms with Gasteiger partial charge in [0, 0.05) is 31.4 Å². The van der Waals surface area contributed by atoms with Crippen molar-refractivity contribution in [3.05, 3.63) is 92.8 Å². The number of para-hydroxylation sites is 1. The normalized spacial score (nSPS) is 13.5. The van der Waals surface area contributed by atoms with E-state index in [1.165, 1.54) is 5.56 Å². The summed E-state index contributed by atoms with van der Waals surface area (Å²) < 4.78 is 6.98. The first-order valence-electron chi connectivity index (χ1n) is 11.8. The first-order valence-corrected chi connectivity index (χ1v) is 11.8. The van der Waals surface area contributed by atoms with Crippen molar-refractivity contribution in [2.24, 2.45) is 7.05 Å². The van der Waals surface area contributed by atoms with E-state index in [2.05, 4.69) is 10.2 Å². The fraction of sp³-hybridized carbons (Fsp3) is 0.250. The maximum atomic E-state index is 13.5. The third-order valence-electron chi connectivity index (χ3n) is 6.75. The Balaban J connectivity index is 1.58. The molecule has 3 aromatic carbocycles. The summed E-state index contributed by atoms with van der Waals surface area (Å²) in [6.45, 7) is 5.16. The number of aryl methyl sites for hydroxylation is 1. The van der Waals surface area contributed by atoms with E-state index in [9.17, 15) is 14.7 Å². The Morgan fingerprint density at radius 1 is 1.11 bits per heavy atom. The van der Waals surface area contributed by atoms with E-state index < -0.39 is 5.97 Å². The van der Waals surface area contributed by atoms with E-state index in [0.717, 1.165) is 22.4 Å². The number of ether oxygens (including phenoxy) is 1. The van der Waals surface area contributed by atoms with Crippen LogP contribution in [0.3, 0.4) is 0 Å². The highest BCUT2D eigenvalue weighted by Gasteiger charge is 2.25. The standard InChI is InChI=1S/C28H28N4O4/c1-16-11-22(17(2)29-24-8-6-5-7-21(24)27(34)35)25-23(12-16)26(33)31(3)28(30-25)32-14-18-9-10-20(36-4)13-19(18)15-32/h5-13,17,29H,14-15H2,1-4H3,(H,34,35). The molecule has 0 radical (unpaired) electrons. The van der Waals surface area contributed by atoms with Gasteiger partial charge in [0.2, 0.25) is 5.95 Å². The molecule has 1 aliphatic rings. The van der Waals surface area contributed by atoms with Crippen molar-refractivity contribution in [1.82, 2.24) is 9.55 Å². The van der Waals surface area contributed by atoms with Gasteiger partial charge in [-0.15, -0.1) is 0 Å². The summed E-state index contributed by atoms with van der Waals surface area (Å²) in [5.41, 5.74) is 5.29. The summed E-state index contributed by atoms with van der Waals surface area (Å²) in [6.07, 6.45) is 0. The minimum atomic E-state index is -1.00. The van der Waals surface area contributed by atoms with Crippen LogP contribution in [0.5, 0.6) is 5.75 Å². The molecule has 0 saturated heterocycles. The molecule has 184 valence electrons. The van der Waals surface area contributed by atoms with Crippen molar-refractivity contribution in [1.29, 1.82) is 0 Å². The summed E-state index contributed by atoms with van der Waals surface area (Å²) in [5, 5.41) is 13.4. The molecule has 1 unspecified atom stereocenters. The van der Waals surface area contributed by atoms with Crippen molar-refractivity contribution in [2.75, 3.05) is 17.3 Å². The van der Waals surface area contributed by atoms with Gasteiger partial charge in [0.15, 0.2) is 0 Å². The number of aromatic carboxylic acids is 1. The number of rotatable bonds is 6. The number of carboxylic acids is 1. The number of anilines is 2. The second-order valence-corrected chi connectivity index (χ2v) is 9.23. The van der Waals surface area contributed by atoms with Crippen LogP contribution in [0.15, 0.2) is 59.4 Å². The Morgan fingerprint density at radius 2 is 1.86 bits per heavy atom. The summed E-state index contributed by atoms with van der Waals surface area (Å²) in [6, 6.07) is 16.4. The van der Waals surface area contributed by atoms with E-state index in [4.69, 9.17) is 9.72 Å². The molecule has 8 heteroatoms. The van der Waals surface area contributed by atoms with E-state index in [-0.39, 0.29) is 17.2 Å². The molecular formula is C28H28N4O4. The molecule has 1 aromatic heterocycles. The zero-order valence-electron chi connectivity index (χ0n) is 20.7. The number of hydrogen-bond acceptors (Lipinski definition) is 6. The van der Waals surface area contributed by atoms with E-state index >= 15 is 0 Å². The molecule has 8 nitrogen and oxygen atoms in total. The number of nitrogens with one attached hydrogen (secondary N) is 1. The minimum absolute atomic E-state index is 0.119. The number of aromatic nitrogens is 2. The van der Waals surface area contributed by atoms with Gasteiger partial charge in [-0.25, -0.2) is 9.78 Å². The van der Waals surface area contributed by atoms with Gasteiger partial charge >= 0.3 is 5.97 Å². The van der Waals surface area contributed by atoms with Gasteiger partial charge in [-0.3, -0.25) is 9.36 Å². The molecule has 0 spiro atoms. The van der Waals surface area contributed by atoms with E-state index in [0.29, 0.717) is 35.6 Å². The maximum absolute atomic E-state index is 13.5. The third-order valence-corrected chi connectivity index (χ3v) is 6.75. The van der Waals surface area contributed by atoms with E-state index in [1.807, 2.05) is 44.2 Å². The van der Waals surface area contributed by atoms with Crippen molar-refractivity contribution < 1.29 is 14.6 Å².